The summed E-state index contributed by atoms with van der Waals surface area (Å²) in [5.41, 5.74) is 3.85. The van der Waals surface area contributed by atoms with Gasteiger partial charge < -0.3 is 14.5 Å². The van der Waals surface area contributed by atoms with E-state index in [9.17, 15) is 15.4 Å². The maximum Gasteiger partial charge on any atom is 0.315 e. The average molecular weight is 440 g/mol. The van der Waals surface area contributed by atoms with Gasteiger partial charge in [0.15, 0.2) is 5.75 Å². The van der Waals surface area contributed by atoms with Crippen molar-refractivity contribution in [3.05, 3.63) is 93.3 Å². The smallest absolute Gasteiger partial charge is 0.315 e. The third kappa shape index (κ3) is 4.67. The number of aryl methyl sites for hydroxylation is 1. The van der Waals surface area contributed by atoms with Gasteiger partial charge >= 0.3 is 5.69 Å². The largest absolute Gasteiger partial charge is 0.493 e. The van der Waals surface area contributed by atoms with E-state index in [1.54, 1.807) is 6.07 Å². The Morgan fingerprint density at radius 1 is 1.21 bits per heavy atom. The predicted molar refractivity (Wildman–Crippen MR) is 125 cm³/mol. The van der Waals surface area contributed by atoms with Crippen LogP contribution in [-0.2, 0) is 6.61 Å². The van der Waals surface area contributed by atoms with Crippen LogP contribution in [0.25, 0.3) is 22.7 Å². The Morgan fingerprint density at radius 2 is 2.00 bits per heavy atom. The Morgan fingerprint density at radius 3 is 2.70 bits per heavy atom. The number of nitriles is 1. The standard InChI is InChI=1S/C25H20N4O4/c1-16-8-9-20-21(10-16)28-25(27-20)19(14-26)11-18-12-22(29(30)31)24(23(13-18)32-2)33-15-17-6-4-3-5-7-17/h3-13H,15H2,1-2H3,(H,27,28)/b19-11-. The van der Waals surface area contributed by atoms with E-state index in [1.165, 1.54) is 19.3 Å². The van der Waals surface area contributed by atoms with Crippen LogP contribution in [0.15, 0.2) is 60.7 Å². The number of rotatable bonds is 7. The van der Waals surface area contributed by atoms with E-state index >= 15 is 0 Å². The van der Waals surface area contributed by atoms with Gasteiger partial charge in [-0.05, 0) is 47.9 Å². The number of allylic oxidation sites excluding steroid dienone is 1. The highest BCUT2D eigenvalue weighted by Gasteiger charge is 2.22. The van der Waals surface area contributed by atoms with Crippen LogP contribution in [0, 0.1) is 28.4 Å². The van der Waals surface area contributed by atoms with Crippen molar-refractivity contribution in [2.75, 3.05) is 7.11 Å². The molecule has 1 N–H and O–H groups in total. The molecule has 4 rings (SSSR count). The lowest BCUT2D eigenvalue weighted by Crippen LogP contribution is -2.02. The number of hydrogen-bond acceptors (Lipinski definition) is 6. The van der Waals surface area contributed by atoms with Crippen molar-refractivity contribution in [3.8, 4) is 17.6 Å². The van der Waals surface area contributed by atoms with Crippen LogP contribution in [0.1, 0.15) is 22.5 Å². The van der Waals surface area contributed by atoms with Crippen LogP contribution in [0.3, 0.4) is 0 Å². The number of nitrogens with zero attached hydrogens (tertiary/aromatic N) is 3. The van der Waals surface area contributed by atoms with Crippen LogP contribution in [0.2, 0.25) is 0 Å². The number of fused-ring (bicyclic) bond motifs is 1. The van der Waals surface area contributed by atoms with E-state index in [-0.39, 0.29) is 29.4 Å². The molecule has 0 spiro atoms. The highest BCUT2D eigenvalue weighted by Crippen LogP contribution is 2.39. The zero-order valence-corrected chi connectivity index (χ0v) is 18.0. The quantitative estimate of drug-likeness (QED) is 0.233. The number of nitro benzene ring substituents is 1. The van der Waals surface area contributed by atoms with Gasteiger partial charge in [-0.2, -0.15) is 5.26 Å². The van der Waals surface area contributed by atoms with Gasteiger partial charge in [0.05, 0.1) is 28.6 Å². The van der Waals surface area contributed by atoms with Crippen LogP contribution in [0.5, 0.6) is 11.5 Å². The summed E-state index contributed by atoms with van der Waals surface area (Å²) in [6.07, 6.45) is 1.53. The number of benzene rings is 3. The van der Waals surface area contributed by atoms with Crippen molar-refractivity contribution in [1.29, 1.82) is 5.26 Å². The number of ether oxygens (including phenoxy) is 2. The molecule has 8 nitrogen and oxygen atoms in total. The molecule has 33 heavy (non-hydrogen) atoms. The number of aromatic nitrogens is 2. The molecule has 1 aromatic heterocycles. The molecule has 0 aliphatic rings. The second kappa shape index (κ2) is 9.24. The first-order valence-electron chi connectivity index (χ1n) is 10.1. The summed E-state index contributed by atoms with van der Waals surface area (Å²) in [7, 11) is 1.41. The summed E-state index contributed by atoms with van der Waals surface area (Å²) in [4.78, 5) is 18.9. The highest BCUT2D eigenvalue weighted by molar-refractivity contribution is 5.91. The minimum absolute atomic E-state index is 0.0289. The van der Waals surface area contributed by atoms with Crippen molar-refractivity contribution in [1.82, 2.24) is 9.97 Å². The topological polar surface area (TPSA) is 114 Å². The van der Waals surface area contributed by atoms with Crippen LogP contribution in [-0.4, -0.2) is 22.0 Å². The van der Waals surface area contributed by atoms with E-state index in [2.05, 4.69) is 16.0 Å². The van der Waals surface area contributed by atoms with Crippen molar-refractivity contribution in [2.45, 2.75) is 13.5 Å². The van der Waals surface area contributed by atoms with Gasteiger partial charge in [0.2, 0.25) is 5.75 Å². The highest BCUT2D eigenvalue weighted by atomic mass is 16.6. The second-order valence-corrected chi connectivity index (χ2v) is 7.38. The van der Waals surface area contributed by atoms with Gasteiger partial charge in [0, 0.05) is 6.07 Å². The molecule has 164 valence electrons. The summed E-state index contributed by atoms with van der Waals surface area (Å²) in [5.74, 6) is 0.606. The number of hydrogen-bond donors (Lipinski definition) is 1. The fourth-order valence-electron chi connectivity index (χ4n) is 3.42. The molecule has 0 bridgehead atoms. The van der Waals surface area contributed by atoms with Gasteiger partial charge in [-0.3, -0.25) is 10.1 Å². The van der Waals surface area contributed by atoms with E-state index in [0.717, 1.165) is 22.2 Å². The fourth-order valence-corrected chi connectivity index (χ4v) is 3.42. The lowest BCUT2D eigenvalue weighted by molar-refractivity contribution is -0.386. The van der Waals surface area contributed by atoms with Crippen molar-refractivity contribution >= 4 is 28.4 Å². The van der Waals surface area contributed by atoms with Gasteiger partial charge in [0.1, 0.15) is 18.5 Å². The third-order valence-electron chi connectivity index (χ3n) is 5.02. The molecule has 0 saturated carbocycles. The Hall–Kier alpha value is -4.64. The third-order valence-corrected chi connectivity index (χ3v) is 5.02. The van der Waals surface area contributed by atoms with E-state index in [0.29, 0.717) is 11.4 Å². The Kier molecular flexibility index (Phi) is 6.04. The molecule has 1 heterocycles. The first-order chi connectivity index (χ1) is 16.0. The predicted octanol–water partition coefficient (Wildman–Crippen LogP) is 5.43. The molecular weight excluding hydrogens is 420 g/mol. The Bertz CT molecular complexity index is 1400. The Labute approximate surface area is 189 Å². The van der Waals surface area contributed by atoms with Gasteiger partial charge in [-0.15, -0.1) is 0 Å². The summed E-state index contributed by atoms with van der Waals surface area (Å²) < 4.78 is 11.1. The molecule has 3 aromatic carbocycles. The lowest BCUT2D eigenvalue weighted by Gasteiger charge is -2.12. The molecule has 0 radical (unpaired) electrons. The van der Waals surface area contributed by atoms with Crippen molar-refractivity contribution in [2.24, 2.45) is 0 Å². The summed E-state index contributed by atoms with van der Waals surface area (Å²) in [6, 6.07) is 20.1. The van der Waals surface area contributed by atoms with E-state index < -0.39 is 4.92 Å². The molecular formula is C25H20N4O4. The average Bonchev–Trinajstić information content (AvgIpc) is 3.24. The minimum atomic E-state index is -0.532. The number of aromatic amines is 1. The normalized spacial score (nSPS) is 11.2. The molecule has 0 amide bonds. The molecule has 0 unspecified atom stereocenters. The number of imidazole rings is 1. The molecule has 0 aliphatic heterocycles. The van der Waals surface area contributed by atoms with Crippen molar-refractivity contribution in [3.63, 3.8) is 0 Å². The van der Waals surface area contributed by atoms with Crippen LogP contribution >= 0.6 is 0 Å². The zero-order valence-electron chi connectivity index (χ0n) is 18.0. The van der Waals surface area contributed by atoms with Gasteiger partial charge in [0.25, 0.3) is 0 Å². The number of H-pyrrole nitrogens is 1. The molecule has 8 heteroatoms. The maximum atomic E-state index is 11.8. The SMILES string of the molecule is COc1cc(/C=C(/C#N)c2nc3ccc(C)cc3[nH]2)cc([N+](=O)[O-])c1OCc1ccccc1. The first kappa shape index (κ1) is 21.6. The lowest BCUT2D eigenvalue weighted by atomic mass is 10.1. The molecule has 4 aromatic rings. The number of nitrogens with one attached hydrogen (secondary N) is 1. The van der Waals surface area contributed by atoms with E-state index in [1.807, 2.05) is 55.5 Å². The summed E-state index contributed by atoms with van der Waals surface area (Å²) in [6.45, 7) is 2.11. The second-order valence-electron chi connectivity index (χ2n) is 7.38. The fraction of sp³-hybridized carbons (Fsp3) is 0.120. The van der Waals surface area contributed by atoms with Crippen LogP contribution in [0.4, 0.5) is 5.69 Å². The Balaban J connectivity index is 1.73. The summed E-state index contributed by atoms with van der Waals surface area (Å²) >= 11 is 0. The van der Waals surface area contributed by atoms with Crippen LogP contribution < -0.4 is 9.47 Å². The number of nitro groups is 1. The maximum absolute atomic E-state index is 11.8. The minimum Gasteiger partial charge on any atom is -0.493 e. The first-order valence-corrected chi connectivity index (χ1v) is 10.1. The molecule has 0 aliphatic carbocycles. The zero-order chi connectivity index (χ0) is 23.4. The van der Waals surface area contributed by atoms with E-state index in [4.69, 9.17) is 9.47 Å². The van der Waals surface area contributed by atoms with Gasteiger partial charge in [-0.25, -0.2) is 4.98 Å². The molecule has 0 atom stereocenters. The molecule has 0 fully saturated rings. The van der Waals surface area contributed by atoms with Crippen molar-refractivity contribution < 1.29 is 14.4 Å². The summed E-state index contributed by atoms with van der Waals surface area (Å²) in [5, 5.41) is 21.5. The molecule has 0 saturated heterocycles. The number of methoxy groups -OCH3 is 1. The monoisotopic (exact) mass is 440 g/mol. The van der Waals surface area contributed by atoms with Gasteiger partial charge in [-0.1, -0.05) is 36.4 Å².